The molecule has 0 spiro atoms. The summed E-state index contributed by atoms with van der Waals surface area (Å²) in [6, 6.07) is 23.3. The number of pyridine rings is 1. The standard InChI is InChI=1S/C35H45N5.2ClH.Co/c1-3-5-7-9-11-17-26-39-32-24-15-13-20-28(32)37-34(39)30-22-19-23-31(36-30)35-38-29-21-14-16-25-33(29)40(35)27-18-12-10-8-6-4-2;;;/h13-16,19-25H,3-12,17-18,26-27H2,1-2H3;2*1H;/q;;;+2/p-2. The molecule has 5 nitrogen and oxygen atoms in total. The van der Waals surface area contributed by atoms with Crippen LogP contribution in [0, 0.1) is 0 Å². The number of hydrogen-bond donors (Lipinski definition) is 0. The van der Waals surface area contributed by atoms with Crippen LogP contribution in [0.2, 0.25) is 0 Å². The van der Waals surface area contributed by atoms with Crippen molar-refractivity contribution in [2.24, 2.45) is 0 Å². The van der Waals surface area contributed by atoms with Crippen LogP contribution in [0.15, 0.2) is 66.7 Å². The van der Waals surface area contributed by atoms with Gasteiger partial charge >= 0.3 is 16.8 Å². The molecule has 2 aromatic carbocycles. The Morgan fingerprint density at radius 2 is 0.860 bits per heavy atom. The van der Waals surface area contributed by atoms with Crippen molar-refractivity contribution >= 4 is 22.1 Å². The molecular formula is C35H45Cl2CoN5. The Balaban J connectivity index is 0.00000215. The molecule has 0 saturated carbocycles. The number of para-hydroxylation sites is 4. The second-order valence-corrected chi connectivity index (χ2v) is 11.1. The van der Waals surface area contributed by atoms with Crippen molar-refractivity contribution in [3.05, 3.63) is 66.7 Å². The molecular weight excluding hydrogens is 620 g/mol. The SMILES string of the molecule is CCCCCCCCn1c(-c2cccc(-c3nc4ccccc4n3CCCCCCCC)n2)nc2ccccc21.[Cl-].[Cl-].[Co+2]. The molecule has 0 N–H and O–H groups in total. The van der Waals surface area contributed by atoms with Crippen LogP contribution in [0.4, 0.5) is 0 Å². The first-order valence-electron chi connectivity index (χ1n) is 15.7. The molecule has 233 valence electrons. The Labute approximate surface area is 280 Å². The van der Waals surface area contributed by atoms with Crippen LogP contribution in [-0.2, 0) is 29.9 Å². The van der Waals surface area contributed by atoms with Crippen molar-refractivity contribution in [2.45, 2.75) is 104 Å². The van der Waals surface area contributed by atoms with Crippen LogP contribution in [0.3, 0.4) is 0 Å². The summed E-state index contributed by atoms with van der Waals surface area (Å²) in [7, 11) is 0. The minimum absolute atomic E-state index is 0. The number of rotatable bonds is 16. The van der Waals surface area contributed by atoms with E-state index in [4.69, 9.17) is 15.0 Å². The zero-order valence-electron chi connectivity index (χ0n) is 25.6. The number of unbranched alkanes of at least 4 members (excludes halogenated alkanes) is 10. The Hall–Kier alpha value is -2.38. The molecule has 0 atom stereocenters. The van der Waals surface area contributed by atoms with Gasteiger partial charge in [-0.05, 0) is 49.2 Å². The van der Waals surface area contributed by atoms with Crippen molar-refractivity contribution in [3.63, 3.8) is 0 Å². The van der Waals surface area contributed by atoms with Crippen molar-refractivity contribution in [2.75, 3.05) is 0 Å². The van der Waals surface area contributed by atoms with E-state index < -0.39 is 0 Å². The normalized spacial score (nSPS) is 10.8. The molecule has 5 aromatic rings. The molecule has 0 aliphatic heterocycles. The van der Waals surface area contributed by atoms with E-state index in [1.807, 2.05) is 0 Å². The topological polar surface area (TPSA) is 48.5 Å². The zero-order valence-corrected chi connectivity index (χ0v) is 28.1. The minimum atomic E-state index is 0. The molecule has 0 aliphatic carbocycles. The molecule has 3 aromatic heterocycles. The number of nitrogens with zero attached hydrogens (tertiary/aromatic N) is 5. The molecule has 43 heavy (non-hydrogen) atoms. The second-order valence-electron chi connectivity index (χ2n) is 11.1. The molecule has 5 rings (SSSR count). The average Bonchev–Trinajstić information content (AvgIpc) is 3.55. The van der Waals surface area contributed by atoms with Gasteiger partial charge in [0.05, 0.1) is 22.1 Å². The van der Waals surface area contributed by atoms with Crippen molar-refractivity contribution in [3.8, 4) is 23.0 Å². The Morgan fingerprint density at radius 1 is 0.465 bits per heavy atom. The van der Waals surface area contributed by atoms with Gasteiger partial charge in [0.25, 0.3) is 0 Å². The maximum Gasteiger partial charge on any atom is 2.00 e. The Morgan fingerprint density at radius 3 is 1.30 bits per heavy atom. The summed E-state index contributed by atoms with van der Waals surface area (Å²) in [6.07, 6.45) is 15.3. The van der Waals surface area contributed by atoms with E-state index in [-0.39, 0.29) is 41.6 Å². The van der Waals surface area contributed by atoms with E-state index in [0.717, 1.165) is 60.0 Å². The molecule has 3 heterocycles. The monoisotopic (exact) mass is 664 g/mol. The van der Waals surface area contributed by atoms with Gasteiger partial charge in [0.2, 0.25) is 0 Å². The summed E-state index contributed by atoms with van der Waals surface area (Å²) in [6.45, 7) is 6.47. The number of aryl methyl sites for hydroxylation is 2. The smallest absolute Gasteiger partial charge is 1.00 e. The fourth-order valence-electron chi connectivity index (χ4n) is 5.78. The van der Waals surface area contributed by atoms with E-state index >= 15 is 0 Å². The van der Waals surface area contributed by atoms with Crippen molar-refractivity contribution in [1.29, 1.82) is 0 Å². The van der Waals surface area contributed by atoms with Crippen LogP contribution in [0.25, 0.3) is 45.1 Å². The quantitative estimate of drug-likeness (QED) is 0.151. The predicted octanol–water partition coefficient (Wildman–Crippen LogP) is 3.84. The molecule has 1 radical (unpaired) electrons. The number of fused-ring (bicyclic) bond motifs is 2. The molecule has 8 heteroatoms. The fourth-order valence-corrected chi connectivity index (χ4v) is 5.78. The van der Waals surface area contributed by atoms with Gasteiger partial charge in [-0.3, -0.25) is 0 Å². The second kappa shape index (κ2) is 19.1. The first-order valence-corrected chi connectivity index (χ1v) is 15.7. The van der Waals surface area contributed by atoms with Gasteiger partial charge in [-0.1, -0.05) is 108 Å². The maximum absolute atomic E-state index is 5.20. The largest absolute Gasteiger partial charge is 2.00 e. The molecule has 0 unspecified atom stereocenters. The van der Waals surface area contributed by atoms with Gasteiger partial charge in [0.15, 0.2) is 11.6 Å². The number of aromatic nitrogens is 5. The fraction of sp³-hybridized carbons (Fsp3) is 0.457. The summed E-state index contributed by atoms with van der Waals surface area (Å²) in [5.74, 6) is 1.91. The molecule has 0 bridgehead atoms. The number of hydrogen-bond acceptors (Lipinski definition) is 3. The van der Waals surface area contributed by atoms with E-state index in [0.29, 0.717) is 0 Å². The van der Waals surface area contributed by atoms with Crippen molar-refractivity contribution in [1.82, 2.24) is 24.1 Å². The summed E-state index contributed by atoms with van der Waals surface area (Å²) >= 11 is 0. The number of halogens is 2. The van der Waals surface area contributed by atoms with Gasteiger partial charge < -0.3 is 33.9 Å². The summed E-state index contributed by atoms with van der Waals surface area (Å²) in [5, 5.41) is 0. The third-order valence-electron chi connectivity index (χ3n) is 7.99. The molecule has 0 aliphatic rings. The first-order chi connectivity index (χ1) is 19.8. The van der Waals surface area contributed by atoms with Gasteiger partial charge in [-0.25, -0.2) is 15.0 Å². The van der Waals surface area contributed by atoms with Crippen LogP contribution in [0.1, 0.15) is 90.9 Å². The molecule has 0 amide bonds. The maximum atomic E-state index is 5.20. The van der Waals surface area contributed by atoms with Gasteiger partial charge in [-0.15, -0.1) is 0 Å². The van der Waals surface area contributed by atoms with E-state index in [1.54, 1.807) is 0 Å². The third kappa shape index (κ3) is 9.31. The van der Waals surface area contributed by atoms with Crippen LogP contribution < -0.4 is 24.8 Å². The van der Waals surface area contributed by atoms with Gasteiger partial charge in [0.1, 0.15) is 11.4 Å². The van der Waals surface area contributed by atoms with Crippen LogP contribution >= 0.6 is 0 Å². The summed E-state index contributed by atoms with van der Waals surface area (Å²) in [4.78, 5) is 15.3. The van der Waals surface area contributed by atoms with Gasteiger partial charge in [0, 0.05) is 13.1 Å². The minimum Gasteiger partial charge on any atom is -1.00 e. The number of imidazole rings is 2. The van der Waals surface area contributed by atoms with Gasteiger partial charge in [-0.2, -0.15) is 0 Å². The van der Waals surface area contributed by atoms with E-state index in [1.165, 1.54) is 75.2 Å². The Kier molecular flexibility index (Phi) is 16.3. The number of benzene rings is 2. The third-order valence-corrected chi connectivity index (χ3v) is 7.99. The van der Waals surface area contributed by atoms with E-state index in [2.05, 4.69) is 89.7 Å². The van der Waals surface area contributed by atoms with Crippen LogP contribution in [-0.4, -0.2) is 24.1 Å². The zero-order chi connectivity index (χ0) is 27.6. The molecule has 0 fully saturated rings. The average molecular weight is 666 g/mol. The predicted molar refractivity (Wildman–Crippen MR) is 168 cm³/mol. The first kappa shape index (κ1) is 36.8. The van der Waals surface area contributed by atoms with Crippen LogP contribution in [0.5, 0.6) is 0 Å². The summed E-state index contributed by atoms with van der Waals surface area (Å²) < 4.78 is 4.75. The van der Waals surface area contributed by atoms with Crippen molar-refractivity contribution < 1.29 is 41.6 Å². The summed E-state index contributed by atoms with van der Waals surface area (Å²) in [5.41, 5.74) is 6.27. The Bertz CT molecular complexity index is 1400. The molecule has 0 saturated heterocycles. The van der Waals surface area contributed by atoms with E-state index in [9.17, 15) is 0 Å².